The highest BCUT2D eigenvalue weighted by atomic mass is 16.6. The van der Waals surface area contributed by atoms with Crippen molar-refractivity contribution >= 4 is 6.09 Å². The molecule has 0 heterocycles. The molecule has 1 saturated carbocycles. The van der Waals surface area contributed by atoms with Crippen molar-refractivity contribution in [3.8, 4) is 0 Å². The van der Waals surface area contributed by atoms with E-state index in [4.69, 9.17) is 4.74 Å². The Bertz CT molecular complexity index is 369. The molecule has 120 valence electrons. The monoisotopic (exact) mass is 294 g/mol. The average molecular weight is 294 g/mol. The Labute approximate surface area is 128 Å². The zero-order valence-corrected chi connectivity index (χ0v) is 13.7. The van der Waals surface area contributed by atoms with E-state index >= 15 is 0 Å². The molecule has 2 N–H and O–H groups in total. The summed E-state index contributed by atoms with van der Waals surface area (Å²) in [4.78, 5) is 11.7. The van der Waals surface area contributed by atoms with Crippen LogP contribution in [0.3, 0.4) is 0 Å². The standard InChI is InChI=1S/C17H30N2O2/c1-17(2,3)21-16(20)19-12-15(14-9-10-14)18-11-13-7-5-4-6-8-13/h4-5,13-15,18H,6-12H2,1-3H3,(H,19,20). The molecule has 2 rings (SSSR count). The molecule has 0 bridgehead atoms. The van der Waals surface area contributed by atoms with Crippen LogP contribution < -0.4 is 10.6 Å². The molecule has 2 unspecified atom stereocenters. The second kappa shape index (κ2) is 7.30. The number of alkyl carbamates (subject to hydrolysis) is 1. The van der Waals surface area contributed by atoms with Crippen LogP contribution in [0.15, 0.2) is 12.2 Å². The van der Waals surface area contributed by atoms with Crippen molar-refractivity contribution in [2.24, 2.45) is 11.8 Å². The first-order valence-corrected chi connectivity index (χ1v) is 8.29. The van der Waals surface area contributed by atoms with Crippen molar-refractivity contribution in [3.63, 3.8) is 0 Å². The summed E-state index contributed by atoms with van der Waals surface area (Å²) >= 11 is 0. The second-order valence-corrected chi connectivity index (χ2v) is 7.39. The summed E-state index contributed by atoms with van der Waals surface area (Å²) in [7, 11) is 0. The molecule has 0 radical (unpaired) electrons. The van der Waals surface area contributed by atoms with Gasteiger partial charge in [0, 0.05) is 12.6 Å². The number of allylic oxidation sites excluding steroid dienone is 2. The molecule has 4 nitrogen and oxygen atoms in total. The van der Waals surface area contributed by atoms with Gasteiger partial charge in [0.1, 0.15) is 5.60 Å². The molecular weight excluding hydrogens is 264 g/mol. The number of rotatable bonds is 6. The number of carbonyl (C=O) groups excluding carboxylic acids is 1. The highest BCUT2D eigenvalue weighted by Gasteiger charge is 2.31. The predicted molar refractivity (Wildman–Crippen MR) is 85.2 cm³/mol. The molecule has 2 atom stereocenters. The topological polar surface area (TPSA) is 50.4 Å². The van der Waals surface area contributed by atoms with E-state index in [2.05, 4.69) is 22.8 Å². The van der Waals surface area contributed by atoms with E-state index in [1.54, 1.807) is 0 Å². The lowest BCUT2D eigenvalue weighted by Crippen LogP contribution is -2.45. The Morgan fingerprint density at radius 3 is 2.62 bits per heavy atom. The van der Waals surface area contributed by atoms with Crippen molar-refractivity contribution in [2.75, 3.05) is 13.1 Å². The van der Waals surface area contributed by atoms with E-state index in [1.807, 2.05) is 20.8 Å². The van der Waals surface area contributed by atoms with Crippen molar-refractivity contribution in [3.05, 3.63) is 12.2 Å². The molecule has 1 fully saturated rings. The molecule has 0 aromatic heterocycles. The lowest BCUT2D eigenvalue weighted by atomic mass is 9.94. The highest BCUT2D eigenvalue weighted by molar-refractivity contribution is 5.67. The Balaban J connectivity index is 1.69. The maximum Gasteiger partial charge on any atom is 0.407 e. The third-order valence-corrected chi connectivity index (χ3v) is 4.10. The largest absolute Gasteiger partial charge is 0.444 e. The number of hydrogen-bond donors (Lipinski definition) is 2. The van der Waals surface area contributed by atoms with Crippen molar-refractivity contribution in [2.45, 2.75) is 64.5 Å². The highest BCUT2D eigenvalue weighted by Crippen LogP contribution is 2.32. The van der Waals surface area contributed by atoms with Gasteiger partial charge >= 0.3 is 6.09 Å². The molecule has 2 aliphatic carbocycles. The van der Waals surface area contributed by atoms with Crippen molar-refractivity contribution < 1.29 is 9.53 Å². The van der Waals surface area contributed by atoms with Gasteiger partial charge in [-0.2, -0.15) is 0 Å². The maximum atomic E-state index is 11.7. The van der Waals surface area contributed by atoms with E-state index in [9.17, 15) is 4.79 Å². The smallest absolute Gasteiger partial charge is 0.407 e. The minimum Gasteiger partial charge on any atom is -0.444 e. The van der Waals surface area contributed by atoms with Crippen LogP contribution in [0.5, 0.6) is 0 Å². The molecule has 1 amide bonds. The van der Waals surface area contributed by atoms with Gasteiger partial charge in [-0.15, -0.1) is 0 Å². The molecule has 0 aromatic carbocycles. The molecule has 0 saturated heterocycles. The van der Waals surface area contributed by atoms with Crippen LogP contribution in [0.25, 0.3) is 0 Å². The molecule has 0 aliphatic heterocycles. The van der Waals surface area contributed by atoms with Gasteiger partial charge in [-0.25, -0.2) is 4.79 Å². The maximum absolute atomic E-state index is 11.7. The minimum absolute atomic E-state index is 0.310. The first-order valence-electron chi connectivity index (χ1n) is 8.29. The fraction of sp³-hybridized carbons (Fsp3) is 0.824. The number of hydrogen-bond acceptors (Lipinski definition) is 3. The molecule has 0 aromatic rings. The predicted octanol–water partition coefficient (Wildman–Crippen LogP) is 3.24. The second-order valence-electron chi connectivity index (χ2n) is 7.39. The number of carbonyl (C=O) groups is 1. The summed E-state index contributed by atoms with van der Waals surface area (Å²) in [5.74, 6) is 1.47. The minimum atomic E-state index is -0.430. The third-order valence-electron chi connectivity index (χ3n) is 4.10. The van der Waals surface area contributed by atoms with E-state index in [0.717, 1.165) is 18.4 Å². The number of ether oxygens (including phenoxy) is 1. The Kier molecular flexibility index (Phi) is 5.68. The zero-order valence-electron chi connectivity index (χ0n) is 13.7. The summed E-state index contributed by atoms with van der Waals surface area (Å²) < 4.78 is 5.30. The number of nitrogens with one attached hydrogen (secondary N) is 2. The summed E-state index contributed by atoms with van der Waals surface area (Å²) in [5, 5.41) is 6.58. The van der Waals surface area contributed by atoms with Crippen LogP contribution in [0.2, 0.25) is 0 Å². The normalized spacial score (nSPS) is 23.7. The van der Waals surface area contributed by atoms with Crippen LogP contribution in [-0.2, 0) is 4.74 Å². The van der Waals surface area contributed by atoms with E-state index in [-0.39, 0.29) is 6.09 Å². The van der Waals surface area contributed by atoms with Gasteiger partial charge < -0.3 is 15.4 Å². The molecule has 2 aliphatic rings. The summed E-state index contributed by atoms with van der Waals surface area (Å²) in [6.45, 7) is 7.39. The van der Waals surface area contributed by atoms with Crippen molar-refractivity contribution in [1.82, 2.24) is 10.6 Å². The average Bonchev–Trinajstić information content (AvgIpc) is 3.22. The lowest BCUT2D eigenvalue weighted by Gasteiger charge is -2.25. The summed E-state index contributed by atoms with van der Waals surface area (Å²) in [6, 6.07) is 0.392. The van der Waals surface area contributed by atoms with Gasteiger partial charge in [0.15, 0.2) is 0 Å². The van der Waals surface area contributed by atoms with Gasteiger partial charge in [0.2, 0.25) is 0 Å². The molecule has 0 spiro atoms. The van der Waals surface area contributed by atoms with Gasteiger partial charge in [-0.05, 0) is 71.3 Å². The Morgan fingerprint density at radius 1 is 1.29 bits per heavy atom. The van der Waals surface area contributed by atoms with E-state index < -0.39 is 5.60 Å². The molecular formula is C17H30N2O2. The van der Waals surface area contributed by atoms with Crippen LogP contribution in [0.4, 0.5) is 4.79 Å². The number of amides is 1. The first kappa shape index (κ1) is 16.3. The van der Waals surface area contributed by atoms with Gasteiger partial charge in [0.05, 0.1) is 0 Å². The van der Waals surface area contributed by atoms with Gasteiger partial charge in [-0.1, -0.05) is 12.2 Å². The van der Waals surface area contributed by atoms with Crippen LogP contribution in [0.1, 0.15) is 52.9 Å². The Hall–Kier alpha value is -1.03. The van der Waals surface area contributed by atoms with Gasteiger partial charge in [0.25, 0.3) is 0 Å². The fourth-order valence-electron chi connectivity index (χ4n) is 2.77. The molecule has 21 heavy (non-hydrogen) atoms. The third kappa shape index (κ3) is 6.51. The van der Waals surface area contributed by atoms with Crippen LogP contribution >= 0.6 is 0 Å². The van der Waals surface area contributed by atoms with E-state index in [0.29, 0.717) is 12.6 Å². The van der Waals surface area contributed by atoms with Crippen LogP contribution in [0, 0.1) is 11.8 Å². The summed E-state index contributed by atoms with van der Waals surface area (Å²) in [5.41, 5.74) is -0.430. The zero-order chi connectivity index (χ0) is 15.3. The Morgan fingerprint density at radius 2 is 2.05 bits per heavy atom. The summed E-state index contributed by atoms with van der Waals surface area (Å²) in [6.07, 6.45) is 10.5. The fourth-order valence-corrected chi connectivity index (χ4v) is 2.77. The molecule has 4 heteroatoms. The van der Waals surface area contributed by atoms with E-state index in [1.165, 1.54) is 32.1 Å². The first-order chi connectivity index (χ1) is 9.94. The SMILES string of the molecule is CC(C)(C)OC(=O)NCC(NCC1CC=CCC1)C1CC1. The van der Waals surface area contributed by atoms with Crippen LogP contribution in [-0.4, -0.2) is 30.8 Å². The van der Waals surface area contributed by atoms with Gasteiger partial charge in [-0.3, -0.25) is 0 Å². The van der Waals surface area contributed by atoms with Crippen molar-refractivity contribution in [1.29, 1.82) is 0 Å². The lowest BCUT2D eigenvalue weighted by molar-refractivity contribution is 0.0520. The quantitative estimate of drug-likeness (QED) is 0.739.